The summed E-state index contributed by atoms with van der Waals surface area (Å²) in [6.07, 6.45) is 3.62. The van der Waals surface area contributed by atoms with Gasteiger partial charge in [0.25, 0.3) is 5.91 Å². The summed E-state index contributed by atoms with van der Waals surface area (Å²) in [6.45, 7) is 6.97. The first-order chi connectivity index (χ1) is 15.5. The molecule has 10 heteroatoms. The van der Waals surface area contributed by atoms with Gasteiger partial charge in [-0.05, 0) is 37.6 Å². The van der Waals surface area contributed by atoms with Gasteiger partial charge in [0.05, 0.1) is 0 Å². The standard InChI is InChI=1S/C22H29N7O3/c1-3-23-20(31)17-6-5-16(2)18(15-17)27-22(32)26-10-7-19(30)28-11-13-29(14-12-28)21-24-8-4-9-25-21/h4-6,8-9,15H,3,7,10-14H2,1-2H3,(H,23,31)(H2,26,27,32). The van der Waals surface area contributed by atoms with E-state index in [1.54, 1.807) is 41.6 Å². The second-order valence-electron chi connectivity index (χ2n) is 7.44. The third-order valence-corrected chi connectivity index (χ3v) is 5.18. The normalized spacial score (nSPS) is 13.4. The van der Waals surface area contributed by atoms with E-state index in [1.807, 2.05) is 18.7 Å². The van der Waals surface area contributed by atoms with Crippen molar-refractivity contribution in [1.29, 1.82) is 0 Å². The molecule has 1 aromatic carbocycles. The number of amides is 4. The monoisotopic (exact) mass is 439 g/mol. The van der Waals surface area contributed by atoms with Crippen LogP contribution in [0.4, 0.5) is 16.4 Å². The molecule has 2 heterocycles. The number of rotatable bonds is 7. The lowest BCUT2D eigenvalue weighted by atomic mass is 10.1. The van der Waals surface area contributed by atoms with Crippen LogP contribution in [0.1, 0.15) is 29.3 Å². The van der Waals surface area contributed by atoms with Crippen molar-refractivity contribution in [1.82, 2.24) is 25.5 Å². The van der Waals surface area contributed by atoms with Crippen molar-refractivity contribution in [2.24, 2.45) is 0 Å². The van der Waals surface area contributed by atoms with Gasteiger partial charge in [-0.15, -0.1) is 0 Å². The molecule has 0 radical (unpaired) electrons. The highest BCUT2D eigenvalue weighted by atomic mass is 16.2. The first-order valence-corrected chi connectivity index (χ1v) is 10.7. The summed E-state index contributed by atoms with van der Waals surface area (Å²) in [7, 11) is 0. The molecule has 0 spiro atoms. The smallest absolute Gasteiger partial charge is 0.319 e. The van der Waals surface area contributed by atoms with Gasteiger partial charge in [0.15, 0.2) is 0 Å². The summed E-state index contributed by atoms with van der Waals surface area (Å²) >= 11 is 0. The van der Waals surface area contributed by atoms with Gasteiger partial charge >= 0.3 is 6.03 Å². The number of carbonyl (C=O) groups excluding carboxylic acids is 3. The van der Waals surface area contributed by atoms with E-state index in [0.29, 0.717) is 49.9 Å². The number of carbonyl (C=O) groups is 3. The molecule has 1 saturated heterocycles. The third-order valence-electron chi connectivity index (χ3n) is 5.18. The second kappa shape index (κ2) is 11.1. The molecule has 0 saturated carbocycles. The Morgan fingerprint density at radius 2 is 1.75 bits per heavy atom. The van der Waals surface area contributed by atoms with E-state index in [1.165, 1.54) is 0 Å². The minimum Gasteiger partial charge on any atom is -0.352 e. The highest BCUT2D eigenvalue weighted by Gasteiger charge is 2.22. The van der Waals surface area contributed by atoms with Gasteiger partial charge in [0.2, 0.25) is 11.9 Å². The van der Waals surface area contributed by atoms with Gasteiger partial charge in [-0.1, -0.05) is 6.07 Å². The Balaban J connectivity index is 1.42. The van der Waals surface area contributed by atoms with Crippen molar-refractivity contribution >= 4 is 29.5 Å². The lowest BCUT2D eigenvalue weighted by molar-refractivity contribution is -0.131. The molecule has 1 fully saturated rings. The Bertz CT molecular complexity index is 944. The minimum atomic E-state index is -0.417. The molecule has 1 aliphatic heterocycles. The molecule has 170 valence electrons. The largest absolute Gasteiger partial charge is 0.352 e. The summed E-state index contributed by atoms with van der Waals surface area (Å²) in [5, 5.41) is 8.19. The molecular weight excluding hydrogens is 410 g/mol. The van der Waals surface area contributed by atoms with Crippen molar-refractivity contribution in [2.45, 2.75) is 20.3 Å². The second-order valence-corrected chi connectivity index (χ2v) is 7.44. The van der Waals surface area contributed by atoms with Gasteiger partial charge in [0, 0.05) is 69.3 Å². The number of nitrogens with one attached hydrogen (secondary N) is 3. The van der Waals surface area contributed by atoms with Crippen LogP contribution in [-0.2, 0) is 4.79 Å². The first-order valence-electron chi connectivity index (χ1n) is 10.7. The summed E-state index contributed by atoms with van der Waals surface area (Å²) in [5.41, 5.74) is 1.87. The molecule has 0 atom stereocenters. The van der Waals surface area contributed by atoms with Crippen molar-refractivity contribution in [2.75, 3.05) is 49.5 Å². The van der Waals surface area contributed by atoms with E-state index < -0.39 is 6.03 Å². The average Bonchev–Trinajstić information content (AvgIpc) is 2.81. The van der Waals surface area contributed by atoms with Crippen molar-refractivity contribution in [3.8, 4) is 0 Å². The minimum absolute atomic E-state index is 0.00616. The van der Waals surface area contributed by atoms with Gasteiger partial charge in [-0.2, -0.15) is 0 Å². The van der Waals surface area contributed by atoms with Gasteiger partial charge in [0.1, 0.15) is 0 Å². The lowest BCUT2D eigenvalue weighted by Crippen LogP contribution is -2.49. The highest BCUT2D eigenvalue weighted by Crippen LogP contribution is 2.17. The maximum atomic E-state index is 12.5. The van der Waals surface area contributed by atoms with Crippen LogP contribution in [0, 0.1) is 6.92 Å². The van der Waals surface area contributed by atoms with Crippen LogP contribution in [-0.4, -0.2) is 72.0 Å². The Hall–Kier alpha value is -3.69. The van der Waals surface area contributed by atoms with Crippen LogP contribution >= 0.6 is 0 Å². The predicted molar refractivity (Wildman–Crippen MR) is 122 cm³/mol. The number of urea groups is 1. The van der Waals surface area contributed by atoms with E-state index >= 15 is 0 Å². The molecule has 1 aliphatic rings. The molecule has 4 amide bonds. The van der Waals surface area contributed by atoms with Crippen LogP contribution in [0.25, 0.3) is 0 Å². The Morgan fingerprint density at radius 1 is 1.03 bits per heavy atom. The maximum absolute atomic E-state index is 12.5. The first kappa shape index (κ1) is 23.0. The molecular formula is C22H29N7O3. The fourth-order valence-electron chi connectivity index (χ4n) is 3.38. The zero-order valence-electron chi connectivity index (χ0n) is 18.4. The number of nitrogens with zero attached hydrogens (tertiary/aromatic N) is 4. The van der Waals surface area contributed by atoms with Crippen LogP contribution in [0.2, 0.25) is 0 Å². The highest BCUT2D eigenvalue weighted by molar-refractivity contribution is 5.97. The molecule has 10 nitrogen and oxygen atoms in total. The van der Waals surface area contributed by atoms with Crippen LogP contribution in [0.5, 0.6) is 0 Å². The molecule has 0 aliphatic carbocycles. The van der Waals surface area contributed by atoms with E-state index in [9.17, 15) is 14.4 Å². The van der Waals surface area contributed by atoms with E-state index in [2.05, 4.69) is 25.9 Å². The lowest BCUT2D eigenvalue weighted by Gasteiger charge is -2.34. The number of anilines is 2. The van der Waals surface area contributed by atoms with Crippen LogP contribution in [0.15, 0.2) is 36.7 Å². The van der Waals surface area contributed by atoms with Crippen molar-refractivity contribution < 1.29 is 14.4 Å². The topological polar surface area (TPSA) is 120 Å². The summed E-state index contributed by atoms with van der Waals surface area (Å²) < 4.78 is 0. The fourth-order valence-corrected chi connectivity index (χ4v) is 3.38. The zero-order valence-corrected chi connectivity index (χ0v) is 18.4. The fraction of sp³-hybridized carbons (Fsp3) is 0.409. The molecule has 3 N–H and O–H groups in total. The van der Waals surface area contributed by atoms with E-state index in [-0.39, 0.29) is 24.8 Å². The molecule has 32 heavy (non-hydrogen) atoms. The van der Waals surface area contributed by atoms with Crippen molar-refractivity contribution in [3.63, 3.8) is 0 Å². The molecule has 0 unspecified atom stereocenters. The van der Waals surface area contributed by atoms with Gasteiger partial charge in [-0.25, -0.2) is 14.8 Å². The Labute approximate surface area is 187 Å². The number of aryl methyl sites for hydroxylation is 1. The number of hydrogen-bond donors (Lipinski definition) is 3. The summed E-state index contributed by atoms with van der Waals surface area (Å²) in [4.78, 5) is 49.1. The number of hydrogen-bond acceptors (Lipinski definition) is 6. The number of benzene rings is 1. The van der Waals surface area contributed by atoms with Gasteiger partial charge < -0.3 is 25.8 Å². The molecule has 1 aromatic heterocycles. The van der Waals surface area contributed by atoms with Gasteiger partial charge in [-0.3, -0.25) is 9.59 Å². The Kier molecular flexibility index (Phi) is 7.96. The maximum Gasteiger partial charge on any atom is 0.319 e. The molecule has 3 rings (SSSR count). The van der Waals surface area contributed by atoms with E-state index in [0.717, 1.165) is 5.56 Å². The van der Waals surface area contributed by atoms with Crippen LogP contribution in [0.3, 0.4) is 0 Å². The average molecular weight is 440 g/mol. The van der Waals surface area contributed by atoms with Crippen LogP contribution < -0.4 is 20.9 Å². The number of aromatic nitrogens is 2. The molecule has 0 bridgehead atoms. The van der Waals surface area contributed by atoms with E-state index in [4.69, 9.17) is 0 Å². The third kappa shape index (κ3) is 6.16. The summed E-state index contributed by atoms with van der Waals surface area (Å²) in [5.74, 6) is 0.471. The van der Waals surface area contributed by atoms with Crippen molar-refractivity contribution in [3.05, 3.63) is 47.8 Å². The summed E-state index contributed by atoms with van der Waals surface area (Å²) in [6, 6.07) is 6.49. The SMILES string of the molecule is CCNC(=O)c1ccc(C)c(NC(=O)NCCC(=O)N2CCN(c3ncccn3)CC2)c1. The number of piperazine rings is 1. The Morgan fingerprint density at radius 3 is 2.44 bits per heavy atom. The zero-order chi connectivity index (χ0) is 22.9. The quantitative estimate of drug-likeness (QED) is 0.600. The molecule has 2 aromatic rings. The predicted octanol–water partition coefficient (Wildman–Crippen LogP) is 1.40.